The second kappa shape index (κ2) is 5.82. The van der Waals surface area contributed by atoms with Crippen LogP contribution < -0.4 is 10.6 Å². The monoisotopic (exact) mass is 231 g/mol. The van der Waals surface area contributed by atoms with Gasteiger partial charge in [0.1, 0.15) is 0 Å². The first kappa shape index (κ1) is 12.1. The van der Waals surface area contributed by atoms with Crippen molar-refractivity contribution in [3.63, 3.8) is 0 Å². The van der Waals surface area contributed by atoms with Crippen LogP contribution >= 0.6 is 0 Å². The molecule has 1 fully saturated rings. The number of carbonyl (C=O) groups is 1. The summed E-state index contributed by atoms with van der Waals surface area (Å²) in [5.74, 6) is 0.0651. The summed E-state index contributed by atoms with van der Waals surface area (Å²) in [6, 6.07) is 11.1. The van der Waals surface area contributed by atoms with Crippen LogP contribution in [-0.4, -0.2) is 24.5 Å². The van der Waals surface area contributed by atoms with Gasteiger partial charge in [-0.25, -0.2) is 5.32 Å². The maximum Gasteiger partial charge on any atom is 0.217 e. The molecule has 2 unspecified atom stereocenters. The molecule has 1 N–H and O–H groups in total. The van der Waals surface area contributed by atoms with Gasteiger partial charge in [0.15, 0.2) is 0 Å². The van der Waals surface area contributed by atoms with Crippen molar-refractivity contribution in [3.8, 4) is 0 Å². The molecule has 0 spiro atoms. The Morgan fingerprint density at radius 1 is 1.41 bits per heavy atom. The molecule has 3 nitrogen and oxygen atoms in total. The maximum atomic E-state index is 11.0. The zero-order chi connectivity index (χ0) is 12.1. The summed E-state index contributed by atoms with van der Waals surface area (Å²) < 4.78 is 0. The second-order valence-corrected chi connectivity index (χ2v) is 4.67. The summed E-state index contributed by atoms with van der Waals surface area (Å²) in [5, 5.41) is 7.63. The van der Waals surface area contributed by atoms with Gasteiger partial charge in [0.05, 0.1) is 0 Å². The molecule has 1 aliphatic heterocycles. The summed E-state index contributed by atoms with van der Waals surface area (Å²) in [5.41, 5.74) is 1.32. The zero-order valence-corrected chi connectivity index (χ0v) is 10.2. The summed E-state index contributed by atoms with van der Waals surface area (Å²) in [7, 11) is 0. The number of nitrogens with zero attached hydrogens (tertiary/aromatic N) is 1. The molecule has 3 heteroatoms. The Balaban J connectivity index is 1.87. The molecule has 0 aliphatic carbocycles. The van der Waals surface area contributed by atoms with E-state index < -0.39 is 0 Å². The highest BCUT2D eigenvalue weighted by Crippen LogP contribution is 2.14. The van der Waals surface area contributed by atoms with Crippen molar-refractivity contribution in [3.05, 3.63) is 35.9 Å². The fourth-order valence-corrected chi connectivity index (χ4v) is 2.39. The molecule has 2 atom stereocenters. The molecule has 91 valence electrons. The van der Waals surface area contributed by atoms with Gasteiger partial charge in [-0.2, -0.15) is 0 Å². The second-order valence-electron chi connectivity index (χ2n) is 4.67. The minimum atomic E-state index is 0.0651. The largest absolute Gasteiger partial charge is 0.354 e. The van der Waals surface area contributed by atoms with Crippen LogP contribution in [0.15, 0.2) is 30.3 Å². The van der Waals surface area contributed by atoms with Crippen LogP contribution in [0.2, 0.25) is 0 Å². The van der Waals surface area contributed by atoms with Gasteiger partial charge < -0.3 is 5.32 Å². The summed E-state index contributed by atoms with van der Waals surface area (Å²) in [4.78, 5) is 11.0. The van der Waals surface area contributed by atoms with Gasteiger partial charge in [-0.05, 0) is 24.8 Å². The highest BCUT2D eigenvalue weighted by atomic mass is 16.1. The van der Waals surface area contributed by atoms with Crippen molar-refractivity contribution in [2.45, 2.75) is 38.3 Å². The molecule has 1 aromatic rings. The van der Waals surface area contributed by atoms with Crippen LogP contribution in [-0.2, 0) is 11.2 Å². The Morgan fingerprint density at radius 2 is 2.18 bits per heavy atom. The van der Waals surface area contributed by atoms with Crippen molar-refractivity contribution in [2.75, 3.05) is 6.54 Å². The van der Waals surface area contributed by atoms with E-state index in [4.69, 9.17) is 0 Å². The predicted molar refractivity (Wildman–Crippen MR) is 67.8 cm³/mol. The fraction of sp³-hybridized carbons (Fsp3) is 0.500. The average Bonchev–Trinajstić information content (AvgIpc) is 2.30. The van der Waals surface area contributed by atoms with Crippen molar-refractivity contribution in [1.29, 1.82) is 0 Å². The lowest BCUT2D eigenvalue weighted by Crippen LogP contribution is -2.45. The van der Waals surface area contributed by atoms with Gasteiger partial charge in [0, 0.05) is 25.6 Å². The molecule has 1 saturated heterocycles. The van der Waals surface area contributed by atoms with E-state index in [1.165, 1.54) is 5.56 Å². The number of amides is 1. The topological polar surface area (TPSA) is 43.2 Å². The molecule has 2 rings (SSSR count). The maximum absolute atomic E-state index is 11.0. The lowest BCUT2D eigenvalue weighted by Gasteiger charge is -2.29. The van der Waals surface area contributed by atoms with Crippen LogP contribution in [0.1, 0.15) is 25.3 Å². The van der Waals surface area contributed by atoms with Crippen molar-refractivity contribution >= 4 is 5.91 Å². The molecule has 1 aliphatic rings. The fourth-order valence-electron chi connectivity index (χ4n) is 2.39. The Kier molecular flexibility index (Phi) is 4.15. The number of benzene rings is 1. The van der Waals surface area contributed by atoms with Crippen LogP contribution in [0.5, 0.6) is 0 Å². The normalized spacial score (nSPS) is 24.3. The van der Waals surface area contributed by atoms with Crippen molar-refractivity contribution < 1.29 is 4.79 Å². The molecule has 1 aromatic carbocycles. The number of hydrogen-bond donors (Lipinski definition) is 1. The Hall–Kier alpha value is -1.35. The SMILES string of the molecule is CC(=O)NC1CC[N]C(Cc2ccccc2)C1. The molecule has 1 radical (unpaired) electrons. The average molecular weight is 231 g/mol. The number of piperidine rings is 1. The molecule has 17 heavy (non-hydrogen) atoms. The van der Waals surface area contributed by atoms with E-state index in [9.17, 15) is 4.79 Å². The van der Waals surface area contributed by atoms with E-state index in [1.54, 1.807) is 6.92 Å². The molecule has 1 heterocycles. The Labute approximate surface area is 103 Å². The number of carbonyl (C=O) groups excluding carboxylic acids is 1. The van der Waals surface area contributed by atoms with Crippen LogP contribution in [0.4, 0.5) is 0 Å². The zero-order valence-electron chi connectivity index (χ0n) is 10.2. The first-order chi connectivity index (χ1) is 8.24. The molecule has 1 amide bonds. The highest BCUT2D eigenvalue weighted by Gasteiger charge is 2.22. The van der Waals surface area contributed by atoms with Crippen molar-refractivity contribution in [2.24, 2.45) is 0 Å². The van der Waals surface area contributed by atoms with E-state index in [-0.39, 0.29) is 5.91 Å². The van der Waals surface area contributed by atoms with Gasteiger partial charge in [-0.1, -0.05) is 30.3 Å². The number of rotatable bonds is 3. The lowest BCUT2D eigenvalue weighted by molar-refractivity contribution is -0.119. The first-order valence-electron chi connectivity index (χ1n) is 6.21. The third-order valence-corrected chi connectivity index (χ3v) is 3.14. The van der Waals surface area contributed by atoms with Gasteiger partial charge in [0.25, 0.3) is 0 Å². The van der Waals surface area contributed by atoms with Gasteiger partial charge in [-0.3, -0.25) is 4.79 Å². The third kappa shape index (κ3) is 3.86. The molecule has 0 saturated carbocycles. The van der Waals surface area contributed by atoms with Gasteiger partial charge in [0.2, 0.25) is 5.91 Å². The van der Waals surface area contributed by atoms with E-state index in [0.717, 1.165) is 25.8 Å². The standard InChI is InChI=1S/C14H19N2O/c1-11(17)16-13-7-8-15-14(10-13)9-12-5-3-2-4-6-12/h2-6,13-14H,7-10H2,1H3,(H,16,17). The van der Waals surface area contributed by atoms with Crippen LogP contribution in [0.3, 0.4) is 0 Å². The van der Waals surface area contributed by atoms with E-state index in [1.807, 2.05) is 6.07 Å². The van der Waals surface area contributed by atoms with E-state index >= 15 is 0 Å². The van der Waals surface area contributed by atoms with E-state index in [2.05, 4.69) is 34.9 Å². The summed E-state index contributed by atoms with van der Waals surface area (Å²) >= 11 is 0. The summed E-state index contributed by atoms with van der Waals surface area (Å²) in [6.45, 7) is 2.44. The quantitative estimate of drug-likeness (QED) is 0.841. The number of nitrogens with one attached hydrogen (secondary N) is 1. The van der Waals surface area contributed by atoms with Gasteiger partial charge in [-0.15, -0.1) is 0 Å². The molecule has 0 bridgehead atoms. The molecular formula is C14H19N2O. The van der Waals surface area contributed by atoms with Crippen LogP contribution in [0, 0.1) is 0 Å². The third-order valence-electron chi connectivity index (χ3n) is 3.14. The predicted octanol–water partition coefficient (Wildman–Crippen LogP) is 1.50. The highest BCUT2D eigenvalue weighted by molar-refractivity contribution is 5.73. The van der Waals surface area contributed by atoms with E-state index in [0.29, 0.717) is 12.1 Å². The Morgan fingerprint density at radius 3 is 2.88 bits per heavy atom. The minimum Gasteiger partial charge on any atom is -0.354 e. The van der Waals surface area contributed by atoms with Crippen molar-refractivity contribution in [1.82, 2.24) is 10.6 Å². The lowest BCUT2D eigenvalue weighted by atomic mass is 9.94. The molecular weight excluding hydrogens is 212 g/mol. The smallest absolute Gasteiger partial charge is 0.217 e. The molecule has 0 aromatic heterocycles. The Bertz CT molecular complexity index is 364. The number of hydrogen-bond acceptors (Lipinski definition) is 1. The van der Waals surface area contributed by atoms with Crippen LogP contribution in [0.25, 0.3) is 0 Å². The first-order valence-corrected chi connectivity index (χ1v) is 6.21. The summed E-state index contributed by atoms with van der Waals surface area (Å²) in [6.07, 6.45) is 2.93. The van der Waals surface area contributed by atoms with Gasteiger partial charge >= 0.3 is 0 Å². The minimum absolute atomic E-state index is 0.0651.